The van der Waals surface area contributed by atoms with E-state index in [0.29, 0.717) is 37.7 Å². The highest BCUT2D eigenvalue weighted by molar-refractivity contribution is 9.10. The fourth-order valence-corrected chi connectivity index (χ4v) is 3.43. The van der Waals surface area contributed by atoms with Gasteiger partial charge in [0.05, 0.1) is 23.7 Å². The monoisotopic (exact) mass is 498 g/mol. The molecular weight excluding hydrogens is 484 g/mol. The Bertz CT molecular complexity index is 1190. The fourth-order valence-electron chi connectivity index (χ4n) is 2.80. The second-order valence-electron chi connectivity index (χ2n) is 6.38. The fraction of sp³-hybridized carbons (Fsp3) is 0.0870. The zero-order chi connectivity index (χ0) is 22.4. The normalized spacial score (nSPS) is 11.0. The van der Waals surface area contributed by atoms with Crippen molar-refractivity contribution >= 4 is 44.9 Å². The van der Waals surface area contributed by atoms with Crippen molar-refractivity contribution in [3.05, 3.63) is 97.0 Å². The minimum absolute atomic E-state index is 0.0380. The lowest BCUT2D eigenvalue weighted by Gasteiger charge is -2.14. The van der Waals surface area contributed by atoms with Crippen LogP contribution in [0.2, 0.25) is 5.02 Å². The van der Waals surface area contributed by atoms with Gasteiger partial charge in [0.1, 0.15) is 6.61 Å². The van der Waals surface area contributed by atoms with E-state index < -0.39 is 4.92 Å². The van der Waals surface area contributed by atoms with Crippen LogP contribution in [-0.2, 0) is 6.61 Å². The molecule has 0 amide bonds. The summed E-state index contributed by atoms with van der Waals surface area (Å²) in [7, 11) is 1.53. The van der Waals surface area contributed by atoms with Crippen LogP contribution in [-0.4, -0.2) is 12.0 Å². The molecule has 0 N–H and O–H groups in total. The molecule has 31 heavy (non-hydrogen) atoms. The summed E-state index contributed by atoms with van der Waals surface area (Å²) >= 11 is 9.69. The molecule has 0 fully saturated rings. The van der Waals surface area contributed by atoms with Gasteiger partial charge in [0, 0.05) is 27.2 Å². The molecule has 0 aliphatic rings. The smallest absolute Gasteiger partial charge is 0.269 e. The van der Waals surface area contributed by atoms with Crippen molar-refractivity contribution in [2.75, 3.05) is 7.11 Å². The van der Waals surface area contributed by atoms with Gasteiger partial charge in [0.25, 0.3) is 5.69 Å². The second-order valence-corrected chi connectivity index (χ2v) is 7.64. The van der Waals surface area contributed by atoms with Gasteiger partial charge in [-0.3, -0.25) is 10.1 Å². The van der Waals surface area contributed by atoms with E-state index in [-0.39, 0.29) is 12.3 Å². The molecule has 0 bridgehead atoms. The number of non-ortho nitro benzene ring substituents is 1. The summed E-state index contributed by atoms with van der Waals surface area (Å²) in [4.78, 5) is 10.4. The molecule has 0 saturated heterocycles. The van der Waals surface area contributed by atoms with Gasteiger partial charge >= 0.3 is 0 Å². The molecule has 3 aromatic carbocycles. The summed E-state index contributed by atoms with van der Waals surface area (Å²) in [5.74, 6) is 1.00. The van der Waals surface area contributed by atoms with Gasteiger partial charge in [0.2, 0.25) is 0 Å². The summed E-state index contributed by atoms with van der Waals surface area (Å²) in [6.07, 6.45) is 1.67. The van der Waals surface area contributed by atoms with Crippen LogP contribution in [0.3, 0.4) is 0 Å². The molecule has 0 radical (unpaired) electrons. The van der Waals surface area contributed by atoms with E-state index in [4.69, 9.17) is 21.1 Å². The first-order valence-corrected chi connectivity index (χ1v) is 10.2. The molecule has 0 spiro atoms. The number of nitro groups is 1. The molecule has 0 unspecified atom stereocenters. The summed E-state index contributed by atoms with van der Waals surface area (Å²) < 4.78 is 12.0. The molecule has 6 nitrogen and oxygen atoms in total. The van der Waals surface area contributed by atoms with Crippen LogP contribution in [0.15, 0.2) is 65.1 Å². The van der Waals surface area contributed by atoms with E-state index in [0.717, 1.165) is 5.56 Å². The standard InChI is InChI=1S/C23H16BrClN2O4/c1-30-22-11-17(10-18(13-26)15-6-8-19(9-7-15)27(28)29)20(24)12-23(22)31-14-16-4-2-3-5-21(16)25/h2-12H,14H2,1H3/b18-10-. The number of nitrogens with zero attached hydrogens (tertiary/aromatic N) is 2. The lowest BCUT2D eigenvalue weighted by atomic mass is 10.0. The predicted octanol–water partition coefficient (Wildman–Crippen LogP) is 6.66. The van der Waals surface area contributed by atoms with E-state index in [1.54, 1.807) is 36.4 Å². The van der Waals surface area contributed by atoms with Gasteiger partial charge in [-0.1, -0.05) is 45.7 Å². The van der Waals surface area contributed by atoms with Crippen LogP contribution in [0.4, 0.5) is 5.69 Å². The number of nitro benzene ring substituents is 1. The Morgan fingerprint density at radius 3 is 2.52 bits per heavy atom. The van der Waals surface area contributed by atoms with Gasteiger partial charge in [-0.25, -0.2) is 0 Å². The van der Waals surface area contributed by atoms with Crippen molar-refractivity contribution in [2.45, 2.75) is 6.61 Å². The van der Waals surface area contributed by atoms with E-state index in [1.165, 1.54) is 19.2 Å². The Morgan fingerprint density at radius 1 is 1.19 bits per heavy atom. The molecule has 0 aliphatic carbocycles. The number of nitriles is 1. The predicted molar refractivity (Wildman–Crippen MR) is 123 cm³/mol. The lowest BCUT2D eigenvalue weighted by Crippen LogP contribution is -1.99. The summed E-state index contributed by atoms with van der Waals surface area (Å²) in [5, 5.41) is 21.0. The maximum Gasteiger partial charge on any atom is 0.269 e. The van der Waals surface area contributed by atoms with Gasteiger partial charge in [-0.15, -0.1) is 0 Å². The number of benzene rings is 3. The summed E-state index contributed by atoms with van der Waals surface area (Å²) in [6, 6.07) is 18.8. The van der Waals surface area contributed by atoms with E-state index in [2.05, 4.69) is 22.0 Å². The maximum absolute atomic E-state index is 10.8. The average molecular weight is 500 g/mol. The first-order valence-electron chi connectivity index (χ1n) is 9.03. The minimum atomic E-state index is -0.484. The summed E-state index contributed by atoms with van der Waals surface area (Å²) in [6.45, 7) is 0.268. The molecule has 156 valence electrons. The lowest BCUT2D eigenvalue weighted by molar-refractivity contribution is -0.384. The Balaban J connectivity index is 1.90. The molecule has 3 rings (SSSR count). The zero-order valence-corrected chi connectivity index (χ0v) is 18.7. The SMILES string of the molecule is COc1cc(/C=C(/C#N)c2ccc([N+](=O)[O-])cc2)c(Br)cc1OCc1ccccc1Cl. The highest BCUT2D eigenvalue weighted by Crippen LogP contribution is 2.36. The number of ether oxygens (including phenoxy) is 2. The number of halogens is 2. The van der Waals surface area contributed by atoms with Crippen LogP contribution >= 0.6 is 27.5 Å². The van der Waals surface area contributed by atoms with Crippen LogP contribution in [0.25, 0.3) is 11.6 Å². The number of allylic oxidation sites excluding steroid dienone is 1. The third kappa shape index (κ3) is 5.43. The van der Waals surface area contributed by atoms with Crippen LogP contribution in [0.1, 0.15) is 16.7 Å². The number of hydrogen-bond acceptors (Lipinski definition) is 5. The molecule has 0 heterocycles. The maximum atomic E-state index is 10.8. The minimum Gasteiger partial charge on any atom is -0.493 e. The largest absolute Gasteiger partial charge is 0.493 e. The quantitative estimate of drug-likeness (QED) is 0.157. The highest BCUT2D eigenvalue weighted by Gasteiger charge is 2.13. The first-order chi connectivity index (χ1) is 14.9. The van der Waals surface area contributed by atoms with Crippen LogP contribution in [0.5, 0.6) is 11.5 Å². The average Bonchev–Trinajstić information content (AvgIpc) is 2.78. The molecular formula is C23H16BrClN2O4. The van der Waals surface area contributed by atoms with Gasteiger partial charge in [0.15, 0.2) is 11.5 Å². The van der Waals surface area contributed by atoms with Crippen molar-refractivity contribution in [3.63, 3.8) is 0 Å². The van der Waals surface area contributed by atoms with E-state index in [9.17, 15) is 15.4 Å². The molecule has 0 aromatic heterocycles. The highest BCUT2D eigenvalue weighted by atomic mass is 79.9. The van der Waals surface area contributed by atoms with Crippen LogP contribution in [0, 0.1) is 21.4 Å². The van der Waals surface area contributed by atoms with Crippen molar-refractivity contribution in [1.29, 1.82) is 5.26 Å². The van der Waals surface area contributed by atoms with Gasteiger partial charge in [-0.05, 0) is 47.5 Å². The third-order valence-corrected chi connectivity index (χ3v) is 5.49. The molecule has 0 aliphatic heterocycles. The van der Waals surface area contributed by atoms with Crippen molar-refractivity contribution in [1.82, 2.24) is 0 Å². The Kier molecular flexibility index (Phi) is 7.29. The van der Waals surface area contributed by atoms with Crippen molar-refractivity contribution in [3.8, 4) is 17.6 Å². The third-order valence-electron chi connectivity index (χ3n) is 4.43. The van der Waals surface area contributed by atoms with Crippen molar-refractivity contribution < 1.29 is 14.4 Å². The Hall–Kier alpha value is -3.34. The van der Waals surface area contributed by atoms with Gasteiger partial charge < -0.3 is 9.47 Å². The number of methoxy groups -OCH3 is 1. The van der Waals surface area contributed by atoms with Gasteiger partial charge in [-0.2, -0.15) is 5.26 Å². The van der Waals surface area contributed by atoms with Crippen LogP contribution < -0.4 is 9.47 Å². The Labute approximate surface area is 192 Å². The molecule has 0 atom stereocenters. The molecule has 0 saturated carbocycles. The van der Waals surface area contributed by atoms with E-state index >= 15 is 0 Å². The molecule has 8 heteroatoms. The topological polar surface area (TPSA) is 85.4 Å². The number of rotatable bonds is 7. The van der Waals surface area contributed by atoms with Crippen molar-refractivity contribution in [2.24, 2.45) is 0 Å². The van der Waals surface area contributed by atoms with E-state index in [1.807, 2.05) is 18.2 Å². The second kappa shape index (κ2) is 10.1. The molecule has 3 aromatic rings. The Morgan fingerprint density at radius 2 is 1.90 bits per heavy atom. The first kappa shape index (κ1) is 22.3. The zero-order valence-electron chi connectivity index (χ0n) is 16.3. The summed E-state index contributed by atoms with van der Waals surface area (Å²) in [5.41, 5.74) is 2.41. The number of hydrogen-bond donors (Lipinski definition) is 0.